The number of rotatable bonds is 6. The van der Waals surface area contributed by atoms with Gasteiger partial charge in [0.1, 0.15) is 18.2 Å². The number of carbonyl (C=O) groups excluding carboxylic acids is 1. The molecule has 1 amide bonds. The van der Waals surface area contributed by atoms with Gasteiger partial charge in [-0.2, -0.15) is 0 Å². The maximum Gasteiger partial charge on any atom is 0.223 e. The molecule has 132 valence electrons. The van der Waals surface area contributed by atoms with E-state index in [2.05, 4.69) is 20.2 Å². The van der Waals surface area contributed by atoms with E-state index >= 15 is 0 Å². The molecule has 1 aromatic carbocycles. The summed E-state index contributed by atoms with van der Waals surface area (Å²) in [5, 5.41) is 2.98. The van der Waals surface area contributed by atoms with Gasteiger partial charge < -0.3 is 15.0 Å². The molecule has 1 N–H and O–H groups in total. The Labute approximate surface area is 148 Å². The van der Waals surface area contributed by atoms with Crippen LogP contribution in [0.25, 0.3) is 0 Å². The van der Waals surface area contributed by atoms with E-state index in [4.69, 9.17) is 4.74 Å². The van der Waals surface area contributed by atoms with Crippen LogP contribution in [0.5, 0.6) is 5.75 Å². The predicted molar refractivity (Wildman–Crippen MR) is 96.7 cm³/mol. The number of piperidine rings is 1. The fourth-order valence-electron chi connectivity index (χ4n) is 2.95. The highest BCUT2D eigenvalue weighted by Crippen LogP contribution is 2.21. The summed E-state index contributed by atoms with van der Waals surface area (Å²) < 4.78 is 5.64. The number of nitrogens with one attached hydrogen (secondary N) is 1. The van der Waals surface area contributed by atoms with Gasteiger partial charge in [0, 0.05) is 31.4 Å². The first-order valence-corrected chi connectivity index (χ1v) is 8.70. The van der Waals surface area contributed by atoms with E-state index < -0.39 is 0 Å². The van der Waals surface area contributed by atoms with E-state index in [9.17, 15) is 4.79 Å². The zero-order valence-electron chi connectivity index (χ0n) is 14.5. The van der Waals surface area contributed by atoms with Gasteiger partial charge in [-0.15, -0.1) is 0 Å². The standard InChI is InChI=1S/C19H24N4O2/c1-15-2-4-17(5-3-15)25-13-10-22-19(24)16-6-11-23(12-7-16)18-14-20-8-9-21-18/h2-5,8-9,14,16H,6-7,10-13H2,1H3,(H,22,24). The lowest BCUT2D eigenvalue weighted by molar-refractivity contribution is -0.125. The van der Waals surface area contributed by atoms with Crippen molar-refractivity contribution in [3.63, 3.8) is 0 Å². The lowest BCUT2D eigenvalue weighted by Crippen LogP contribution is -2.41. The smallest absolute Gasteiger partial charge is 0.223 e. The zero-order valence-corrected chi connectivity index (χ0v) is 14.5. The van der Waals surface area contributed by atoms with E-state index in [1.807, 2.05) is 31.2 Å². The molecule has 6 heteroatoms. The minimum absolute atomic E-state index is 0.0623. The molecule has 0 bridgehead atoms. The summed E-state index contributed by atoms with van der Waals surface area (Å²) in [6.07, 6.45) is 6.80. The van der Waals surface area contributed by atoms with Gasteiger partial charge in [-0.25, -0.2) is 4.98 Å². The fourth-order valence-corrected chi connectivity index (χ4v) is 2.95. The van der Waals surface area contributed by atoms with Crippen LogP contribution in [0.3, 0.4) is 0 Å². The van der Waals surface area contributed by atoms with Crippen LogP contribution in [-0.4, -0.2) is 42.1 Å². The van der Waals surface area contributed by atoms with Crippen LogP contribution in [0.2, 0.25) is 0 Å². The van der Waals surface area contributed by atoms with Crippen LogP contribution in [0, 0.1) is 12.8 Å². The van der Waals surface area contributed by atoms with Crippen molar-refractivity contribution >= 4 is 11.7 Å². The number of benzene rings is 1. The van der Waals surface area contributed by atoms with Crippen LogP contribution in [0.1, 0.15) is 18.4 Å². The summed E-state index contributed by atoms with van der Waals surface area (Å²) >= 11 is 0. The number of aryl methyl sites for hydroxylation is 1. The highest BCUT2D eigenvalue weighted by molar-refractivity contribution is 5.78. The Balaban J connectivity index is 1.36. The molecule has 2 aromatic rings. The van der Waals surface area contributed by atoms with Crippen LogP contribution in [0.4, 0.5) is 5.82 Å². The number of nitrogens with zero attached hydrogens (tertiary/aromatic N) is 3. The predicted octanol–water partition coefficient (Wildman–Crippen LogP) is 2.20. The summed E-state index contributed by atoms with van der Waals surface area (Å²) in [6.45, 7) is 4.71. The number of amides is 1. The number of carbonyl (C=O) groups is 1. The fraction of sp³-hybridized carbons (Fsp3) is 0.421. The average molecular weight is 340 g/mol. The van der Waals surface area contributed by atoms with Crippen molar-refractivity contribution in [2.45, 2.75) is 19.8 Å². The molecule has 1 aliphatic heterocycles. The van der Waals surface area contributed by atoms with E-state index in [-0.39, 0.29) is 11.8 Å². The van der Waals surface area contributed by atoms with Crippen LogP contribution in [-0.2, 0) is 4.79 Å². The second-order valence-corrected chi connectivity index (χ2v) is 6.28. The van der Waals surface area contributed by atoms with Gasteiger partial charge in [0.15, 0.2) is 0 Å². The van der Waals surface area contributed by atoms with Gasteiger partial charge >= 0.3 is 0 Å². The van der Waals surface area contributed by atoms with E-state index in [1.165, 1.54) is 5.56 Å². The maximum absolute atomic E-state index is 12.3. The summed E-state index contributed by atoms with van der Waals surface area (Å²) in [5.41, 5.74) is 1.20. The van der Waals surface area contributed by atoms with Crippen molar-refractivity contribution in [1.29, 1.82) is 0 Å². The SMILES string of the molecule is Cc1ccc(OCCNC(=O)C2CCN(c3cnccn3)CC2)cc1. The molecular weight excluding hydrogens is 316 g/mol. The molecule has 0 spiro atoms. The minimum atomic E-state index is 0.0623. The molecule has 0 atom stereocenters. The third-order valence-corrected chi connectivity index (χ3v) is 4.43. The van der Waals surface area contributed by atoms with Gasteiger partial charge in [-0.05, 0) is 31.9 Å². The van der Waals surface area contributed by atoms with Gasteiger partial charge in [0.05, 0.1) is 12.7 Å². The minimum Gasteiger partial charge on any atom is -0.492 e. The molecular formula is C19H24N4O2. The summed E-state index contributed by atoms with van der Waals surface area (Å²) in [6, 6.07) is 7.91. The van der Waals surface area contributed by atoms with Crippen LogP contribution >= 0.6 is 0 Å². The Morgan fingerprint density at radius 1 is 1.24 bits per heavy atom. The number of ether oxygens (including phenoxy) is 1. The molecule has 0 radical (unpaired) electrons. The van der Waals surface area contributed by atoms with Crippen molar-refractivity contribution in [3.8, 4) is 5.75 Å². The zero-order chi connectivity index (χ0) is 17.5. The number of aromatic nitrogens is 2. The number of hydrogen-bond acceptors (Lipinski definition) is 5. The Bertz CT molecular complexity index is 668. The maximum atomic E-state index is 12.3. The third-order valence-electron chi connectivity index (χ3n) is 4.43. The third kappa shape index (κ3) is 4.92. The van der Waals surface area contributed by atoms with Crippen LogP contribution < -0.4 is 15.0 Å². The van der Waals surface area contributed by atoms with Crippen molar-refractivity contribution < 1.29 is 9.53 Å². The number of anilines is 1. The largest absolute Gasteiger partial charge is 0.492 e. The van der Waals surface area contributed by atoms with Crippen molar-refractivity contribution in [3.05, 3.63) is 48.4 Å². The normalized spacial score (nSPS) is 15.0. The Morgan fingerprint density at radius 3 is 2.68 bits per heavy atom. The first-order chi connectivity index (χ1) is 12.2. The first kappa shape index (κ1) is 17.2. The summed E-state index contributed by atoms with van der Waals surface area (Å²) in [5.74, 6) is 1.89. The topological polar surface area (TPSA) is 67.3 Å². The molecule has 1 fully saturated rings. The lowest BCUT2D eigenvalue weighted by atomic mass is 9.96. The Hall–Kier alpha value is -2.63. The van der Waals surface area contributed by atoms with Gasteiger partial charge in [-0.3, -0.25) is 9.78 Å². The average Bonchev–Trinajstić information content (AvgIpc) is 2.67. The molecule has 6 nitrogen and oxygen atoms in total. The molecule has 0 unspecified atom stereocenters. The summed E-state index contributed by atoms with van der Waals surface area (Å²) in [4.78, 5) is 22.9. The molecule has 3 rings (SSSR count). The van der Waals surface area contributed by atoms with Crippen LogP contribution in [0.15, 0.2) is 42.9 Å². The molecule has 1 aromatic heterocycles. The van der Waals surface area contributed by atoms with Crippen molar-refractivity contribution in [1.82, 2.24) is 15.3 Å². The van der Waals surface area contributed by atoms with E-state index in [0.717, 1.165) is 37.5 Å². The molecule has 0 aliphatic carbocycles. The molecule has 1 saturated heterocycles. The van der Waals surface area contributed by atoms with E-state index in [1.54, 1.807) is 18.6 Å². The van der Waals surface area contributed by atoms with Gasteiger partial charge in [0.25, 0.3) is 0 Å². The molecule has 0 saturated carbocycles. The second kappa shape index (κ2) is 8.46. The monoisotopic (exact) mass is 340 g/mol. The highest BCUT2D eigenvalue weighted by atomic mass is 16.5. The molecule has 1 aliphatic rings. The Kier molecular flexibility index (Phi) is 5.82. The lowest BCUT2D eigenvalue weighted by Gasteiger charge is -2.31. The molecule has 25 heavy (non-hydrogen) atoms. The van der Waals surface area contributed by atoms with E-state index in [0.29, 0.717) is 13.2 Å². The first-order valence-electron chi connectivity index (χ1n) is 8.70. The highest BCUT2D eigenvalue weighted by Gasteiger charge is 2.25. The van der Waals surface area contributed by atoms with Gasteiger partial charge in [0.2, 0.25) is 5.91 Å². The Morgan fingerprint density at radius 2 is 2.00 bits per heavy atom. The van der Waals surface area contributed by atoms with Gasteiger partial charge in [-0.1, -0.05) is 17.7 Å². The quantitative estimate of drug-likeness (QED) is 0.817. The summed E-state index contributed by atoms with van der Waals surface area (Å²) in [7, 11) is 0. The number of hydrogen-bond donors (Lipinski definition) is 1. The van der Waals surface area contributed by atoms with Crippen molar-refractivity contribution in [2.24, 2.45) is 5.92 Å². The van der Waals surface area contributed by atoms with Crippen molar-refractivity contribution in [2.75, 3.05) is 31.1 Å². The second-order valence-electron chi connectivity index (χ2n) is 6.28. The molecule has 2 heterocycles.